The first-order valence-electron chi connectivity index (χ1n) is 6.50. The van der Waals surface area contributed by atoms with Crippen LogP contribution in [0.4, 0.5) is 0 Å². The third-order valence-corrected chi connectivity index (χ3v) is 3.38. The van der Waals surface area contributed by atoms with Crippen LogP contribution in [0.2, 0.25) is 5.02 Å². The predicted octanol–water partition coefficient (Wildman–Crippen LogP) is 4.66. The molecule has 3 aromatic rings. The molecule has 0 saturated carbocycles. The number of benzene rings is 2. The van der Waals surface area contributed by atoms with E-state index in [1.54, 1.807) is 0 Å². The molecule has 0 amide bonds. The second kappa shape index (κ2) is 5.17. The number of halogens is 1. The van der Waals surface area contributed by atoms with Crippen LogP contribution in [0.25, 0.3) is 11.0 Å². The van der Waals surface area contributed by atoms with E-state index in [1.807, 2.05) is 56.3 Å². The van der Waals surface area contributed by atoms with Crippen molar-refractivity contribution in [3.05, 3.63) is 58.9 Å². The Balaban J connectivity index is 1.86. The van der Waals surface area contributed by atoms with Crippen molar-refractivity contribution in [2.45, 2.75) is 20.0 Å². The van der Waals surface area contributed by atoms with Crippen LogP contribution in [0.15, 0.2) is 42.5 Å². The van der Waals surface area contributed by atoms with E-state index in [4.69, 9.17) is 16.3 Å². The second-order valence-electron chi connectivity index (χ2n) is 4.86. The van der Waals surface area contributed by atoms with E-state index in [2.05, 4.69) is 9.97 Å². The van der Waals surface area contributed by atoms with Crippen molar-refractivity contribution < 1.29 is 4.74 Å². The van der Waals surface area contributed by atoms with E-state index in [0.717, 1.165) is 22.6 Å². The zero-order valence-corrected chi connectivity index (χ0v) is 12.1. The van der Waals surface area contributed by atoms with Gasteiger partial charge in [-0.05, 0) is 49.7 Å². The van der Waals surface area contributed by atoms with Gasteiger partial charge in [-0.25, -0.2) is 4.98 Å². The fourth-order valence-corrected chi connectivity index (χ4v) is 2.31. The van der Waals surface area contributed by atoms with Gasteiger partial charge >= 0.3 is 0 Å². The summed E-state index contributed by atoms with van der Waals surface area (Å²) in [4.78, 5) is 7.78. The first-order valence-corrected chi connectivity index (χ1v) is 6.88. The summed E-state index contributed by atoms with van der Waals surface area (Å²) in [6, 6.07) is 13.6. The second-order valence-corrected chi connectivity index (χ2v) is 5.30. The minimum Gasteiger partial charge on any atom is -0.483 e. The molecule has 0 radical (unpaired) electrons. The number of aromatic nitrogens is 2. The molecule has 0 aliphatic heterocycles. The number of aromatic amines is 1. The summed E-state index contributed by atoms with van der Waals surface area (Å²) in [6.45, 7) is 4.02. The van der Waals surface area contributed by atoms with Gasteiger partial charge in [0, 0.05) is 5.02 Å². The van der Waals surface area contributed by atoms with Gasteiger partial charge in [0.05, 0.1) is 11.0 Å². The van der Waals surface area contributed by atoms with Gasteiger partial charge in [0.15, 0.2) is 6.10 Å². The molecule has 102 valence electrons. The lowest BCUT2D eigenvalue weighted by atomic mass is 10.2. The smallest absolute Gasteiger partial charge is 0.153 e. The molecule has 0 fully saturated rings. The van der Waals surface area contributed by atoms with Crippen molar-refractivity contribution in [2.75, 3.05) is 0 Å². The van der Waals surface area contributed by atoms with Crippen molar-refractivity contribution in [1.29, 1.82) is 0 Å². The number of hydrogen-bond donors (Lipinski definition) is 1. The molecule has 0 aliphatic carbocycles. The van der Waals surface area contributed by atoms with E-state index in [0.29, 0.717) is 5.02 Å². The molecule has 0 unspecified atom stereocenters. The van der Waals surface area contributed by atoms with Crippen LogP contribution in [-0.2, 0) is 0 Å². The molecule has 1 atom stereocenters. The number of nitrogens with zero attached hydrogens (tertiary/aromatic N) is 1. The topological polar surface area (TPSA) is 37.9 Å². The Labute approximate surface area is 122 Å². The van der Waals surface area contributed by atoms with Gasteiger partial charge in [0.2, 0.25) is 0 Å². The molecule has 1 aromatic heterocycles. The highest BCUT2D eigenvalue weighted by Crippen LogP contribution is 2.24. The maximum absolute atomic E-state index is 5.98. The van der Waals surface area contributed by atoms with Gasteiger partial charge in [-0.3, -0.25) is 0 Å². The van der Waals surface area contributed by atoms with Crippen LogP contribution in [0, 0.1) is 6.92 Å². The molecule has 0 aliphatic rings. The number of rotatable bonds is 3. The number of aryl methyl sites for hydroxylation is 1. The Morgan fingerprint density at radius 1 is 1.20 bits per heavy atom. The molecule has 1 N–H and O–H groups in total. The highest BCUT2D eigenvalue weighted by atomic mass is 35.5. The van der Waals surface area contributed by atoms with Crippen molar-refractivity contribution in [2.24, 2.45) is 0 Å². The van der Waals surface area contributed by atoms with Crippen molar-refractivity contribution in [3.8, 4) is 5.75 Å². The Hall–Kier alpha value is -2.00. The predicted molar refractivity (Wildman–Crippen MR) is 81.3 cm³/mol. The van der Waals surface area contributed by atoms with Crippen molar-refractivity contribution >= 4 is 22.6 Å². The first kappa shape index (κ1) is 13.0. The summed E-state index contributed by atoms with van der Waals surface area (Å²) < 4.78 is 5.91. The minimum atomic E-state index is -0.150. The Bertz CT molecular complexity index is 751. The van der Waals surface area contributed by atoms with Gasteiger partial charge in [-0.2, -0.15) is 0 Å². The third kappa shape index (κ3) is 2.63. The van der Waals surface area contributed by atoms with E-state index in [1.165, 1.54) is 5.56 Å². The molecular weight excluding hydrogens is 272 g/mol. The zero-order valence-electron chi connectivity index (χ0n) is 11.4. The number of H-pyrrole nitrogens is 1. The maximum atomic E-state index is 5.98. The Morgan fingerprint density at radius 2 is 2.05 bits per heavy atom. The van der Waals surface area contributed by atoms with Gasteiger partial charge < -0.3 is 9.72 Å². The number of hydrogen-bond acceptors (Lipinski definition) is 2. The Kier molecular flexibility index (Phi) is 3.36. The lowest BCUT2D eigenvalue weighted by molar-refractivity contribution is 0.218. The van der Waals surface area contributed by atoms with Crippen LogP contribution in [-0.4, -0.2) is 9.97 Å². The maximum Gasteiger partial charge on any atom is 0.153 e. The molecule has 20 heavy (non-hydrogen) atoms. The standard InChI is InChI=1S/C16H15ClN2O/c1-10-4-3-5-13(8-10)20-11(2)16-18-14-7-6-12(17)9-15(14)19-16/h3-9,11H,1-2H3,(H,18,19)/t11-/m0/s1. The molecule has 2 aromatic carbocycles. The molecule has 0 saturated heterocycles. The molecular formula is C16H15ClN2O. The van der Waals surface area contributed by atoms with Gasteiger partial charge in [0.25, 0.3) is 0 Å². The summed E-state index contributed by atoms with van der Waals surface area (Å²) in [6.07, 6.45) is -0.150. The number of fused-ring (bicyclic) bond motifs is 1. The normalized spacial score (nSPS) is 12.6. The first-order chi connectivity index (χ1) is 9.61. The summed E-state index contributed by atoms with van der Waals surface area (Å²) in [5.74, 6) is 1.64. The van der Waals surface area contributed by atoms with Gasteiger partial charge in [0.1, 0.15) is 11.6 Å². The Morgan fingerprint density at radius 3 is 2.85 bits per heavy atom. The largest absolute Gasteiger partial charge is 0.483 e. The fraction of sp³-hybridized carbons (Fsp3) is 0.188. The summed E-state index contributed by atoms with van der Waals surface area (Å²) >= 11 is 5.98. The third-order valence-electron chi connectivity index (χ3n) is 3.15. The van der Waals surface area contributed by atoms with Crippen LogP contribution < -0.4 is 4.74 Å². The molecule has 3 rings (SSSR count). The lowest BCUT2D eigenvalue weighted by Gasteiger charge is -2.12. The van der Waals surface area contributed by atoms with Crippen LogP contribution >= 0.6 is 11.6 Å². The zero-order chi connectivity index (χ0) is 14.1. The number of ether oxygens (including phenoxy) is 1. The van der Waals surface area contributed by atoms with E-state index >= 15 is 0 Å². The van der Waals surface area contributed by atoms with E-state index < -0.39 is 0 Å². The van der Waals surface area contributed by atoms with E-state index in [9.17, 15) is 0 Å². The van der Waals surface area contributed by atoms with E-state index in [-0.39, 0.29) is 6.10 Å². The van der Waals surface area contributed by atoms with Crippen LogP contribution in [0.1, 0.15) is 24.4 Å². The highest BCUT2D eigenvalue weighted by molar-refractivity contribution is 6.31. The molecule has 0 bridgehead atoms. The minimum absolute atomic E-state index is 0.150. The number of nitrogens with one attached hydrogen (secondary N) is 1. The van der Waals surface area contributed by atoms with Crippen molar-refractivity contribution in [3.63, 3.8) is 0 Å². The van der Waals surface area contributed by atoms with Gasteiger partial charge in [-0.15, -0.1) is 0 Å². The van der Waals surface area contributed by atoms with Crippen LogP contribution in [0.3, 0.4) is 0 Å². The monoisotopic (exact) mass is 286 g/mol. The summed E-state index contributed by atoms with van der Waals surface area (Å²) in [7, 11) is 0. The lowest BCUT2D eigenvalue weighted by Crippen LogP contribution is -2.05. The molecule has 1 heterocycles. The SMILES string of the molecule is Cc1cccc(O[C@@H](C)c2nc3ccc(Cl)cc3[nH]2)c1. The fourth-order valence-electron chi connectivity index (χ4n) is 2.14. The summed E-state index contributed by atoms with van der Waals surface area (Å²) in [5, 5.41) is 0.694. The highest BCUT2D eigenvalue weighted by Gasteiger charge is 2.12. The van der Waals surface area contributed by atoms with Crippen LogP contribution in [0.5, 0.6) is 5.75 Å². The molecule has 0 spiro atoms. The molecule has 3 nitrogen and oxygen atoms in total. The average Bonchev–Trinajstić information content (AvgIpc) is 2.81. The molecule has 4 heteroatoms. The van der Waals surface area contributed by atoms with Gasteiger partial charge in [-0.1, -0.05) is 23.7 Å². The number of imidazole rings is 1. The summed E-state index contributed by atoms with van der Waals surface area (Å²) in [5.41, 5.74) is 2.99. The average molecular weight is 287 g/mol. The quantitative estimate of drug-likeness (QED) is 0.760. The van der Waals surface area contributed by atoms with Crippen molar-refractivity contribution in [1.82, 2.24) is 9.97 Å².